The van der Waals surface area contributed by atoms with Crippen LogP contribution in [-0.4, -0.2) is 23.3 Å². The van der Waals surface area contributed by atoms with E-state index in [0.29, 0.717) is 23.8 Å². The van der Waals surface area contributed by atoms with E-state index in [2.05, 4.69) is 54.1 Å². The van der Waals surface area contributed by atoms with E-state index in [0.717, 1.165) is 11.1 Å². The van der Waals surface area contributed by atoms with Gasteiger partial charge in [0.05, 0.1) is 12.7 Å². The number of nitrogens with zero attached hydrogens (tertiary/aromatic N) is 3. The van der Waals surface area contributed by atoms with E-state index in [1.807, 2.05) is 18.2 Å². The summed E-state index contributed by atoms with van der Waals surface area (Å²) in [6.07, 6.45) is 3.14. The Morgan fingerprint density at radius 2 is 2.00 bits per heavy atom. The van der Waals surface area contributed by atoms with E-state index in [1.165, 1.54) is 6.26 Å². The van der Waals surface area contributed by atoms with Crippen LogP contribution in [0.15, 0.2) is 35.1 Å². The minimum Gasteiger partial charge on any atom is -0.542 e. The molecule has 0 fully saturated rings. The van der Waals surface area contributed by atoms with Crippen molar-refractivity contribution in [2.45, 2.75) is 45.4 Å². The van der Waals surface area contributed by atoms with Crippen LogP contribution >= 0.6 is 11.6 Å². The molecule has 0 unspecified atom stereocenters. The monoisotopic (exact) mass is 390 g/mol. The highest BCUT2D eigenvalue weighted by molar-refractivity contribution is 6.74. The molecule has 8 heteroatoms. The second-order valence-corrected chi connectivity index (χ2v) is 12.7. The van der Waals surface area contributed by atoms with Gasteiger partial charge in [0.25, 0.3) is 8.32 Å². The number of para-hydroxylation sites is 1. The van der Waals surface area contributed by atoms with Crippen LogP contribution in [0.3, 0.4) is 0 Å². The highest BCUT2D eigenvalue weighted by atomic mass is 35.5. The van der Waals surface area contributed by atoms with Crippen molar-refractivity contribution in [2.75, 3.05) is 5.32 Å². The third kappa shape index (κ3) is 3.83. The molecule has 6 nitrogen and oxygen atoms in total. The molecule has 138 valence electrons. The number of oxazole rings is 1. The number of benzene rings is 1. The maximum atomic E-state index is 6.47. The van der Waals surface area contributed by atoms with Gasteiger partial charge in [0, 0.05) is 5.39 Å². The number of fused-ring (bicyclic) bond motifs is 1. The number of halogens is 1. The van der Waals surface area contributed by atoms with E-state index >= 15 is 0 Å². The summed E-state index contributed by atoms with van der Waals surface area (Å²) < 4.78 is 11.7. The van der Waals surface area contributed by atoms with Gasteiger partial charge in [-0.2, -0.15) is 0 Å². The van der Waals surface area contributed by atoms with Crippen molar-refractivity contribution in [2.24, 2.45) is 0 Å². The highest BCUT2D eigenvalue weighted by Gasteiger charge is 2.39. The third-order valence-electron chi connectivity index (χ3n) is 4.72. The molecule has 0 saturated heterocycles. The van der Waals surface area contributed by atoms with Crippen molar-refractivity contribution in [1.29, 1.82) is 0 Å². The molecule has 0 aliphatic carbocycles. The summed E-state index contributed by atoms with van der Waals surface area (Å²) >= 11 is 6.17. The summed E-state index contributed by atoms with van der Waals surface area (Å²) in [7, 11) is -2.01. The van der Waals surface area contributed by atoms with Gasteiger partial charge in [0.15, 0.2) is 0 Å². The molecule has 0 spiro atoms. The zero-order valence-corrected chi connectivity index (χ0v) is 17.4. The number of anilines is 1. The Morgan fingerprint density at radius 1 is 1.23 bits per heavy atom. The first-order chi connectivity index (χ1) is 12.2. The lowest BCUT2D eigenvalue weighted by Crippen LogP contribution is -2.43. The van der Waals surface area contributed by atoms with Crippen LogP contribution in [0, 0.1) is 0 Å². The summed E-state index contributed by atoms with van der Waals surface area (Å²) in [5.41, 5.74) is 0.701. The zero-order valence-electron chi connectivity index (χ0n) is 15.6. The standard InChI is InChI=1S/C18H23ClN4O2Si/c1-18(2,3)26(4,5)25-13-8-6-7-12-15(13)22-17(19)23-16(12)21-11-14-20-9-10-24-14/h6-10H,11H2,1-5H3,(H,21,22,23). The largest absolute Gasteiger partial charge is 0.542 e. The Kier molecular flexibility index (Phi) is 4.94. The second-order valence-electron chi connectivity index (χ2n) is 7.64. The Bertz CT molecular complexity index is 907. The summed E-state index contributed by atoms with van der Waals surface area (Å²) in [5.74, 6) is 1.93. The van der Waals surface area contributed by atoms with Crippen LogP contribution in [0.1, 0.15) is 26.7 Å². The van der Waals surface area contributed by atoms with Gasteiger partial charge in [-0.1, -0.05) is 26.8 Å². The van der Waals surface area contributed by atoms with Gasteiger partial charge in [0.2, 0.25) is 11.2 Å². The number of hydrogen-bond acceptors (Lipinski definition) is 6. The number of aromatic nitrogens is 3. The Balaban J connectivity index is 1.99. The van der Waals surface area contributed by atoms with Gasteiger partial charge < -0.3 is 14.2 Å². The summed E-state index contributed by atoms with van der Waals surface area (Å²) in [6, 6.07) is 5.82. The fraction of sp³-hybridized carbons (Fsp3) is 0.389. The molecule has 2 heterocycles. The smallest absolute Gasteiger partial charge is 0.250 e. The van der Waals surface area contributed by atoms with Gasteiger partial charge in [-0.15, -0.1) is 0 Å². The van der Waals surface area contributed by atoms with E-state index in [4.69, 9.17) is 20.4 Å². The van der Waals surface area contributed by atoms with Crippen LogP contribution < -0.4 is 9.74 Å². The lowest BCUT2D eigenvalue weighted by Gasteiger charge is -2.36. The highest BCUT2D eigenvalue weighted by Crippen LogP contribution is 2.39. The SMILES string of the molecule is CC(C)(C)[Si](C)(C)Oc1cccc2c(NCc3ncco3)nc(Cl)nc12. The van der Waals surface area contributed by atoms with E-state index in [1.54, 1.807) is 6.20 Å². The van der Waals surface area contributed by atoms with Gasteiger partial charge in [-0.3, -0.25) is 0 Å². The number of hydrogen-bond donors (Lipinski definition) is 1. The summed E-state index contributed by atoms with van der Waals surface area (Å²) in [6.45, 7) is 11.4. The van der Waals surface area contributed by atoms with E-state index in [9.17, 15) is 0 Å². The van der Waals surface area contributed by atoms with Gasteiger partial charge in [0.1, 0.15) is 23.3 Å². The van der Waals surface area contributed by atoms with Crippen molar-refractivity contribution in [3.63, 3.8) is 0 Å². The normalized spacial score (nSPS) is 12.4. The third-order valence-corrected chi connectivity index (χ3v) is 9.24. The van der Waals surface area contributed by atoms with Crippen LogP contribution in [0.4, 0.5) is 5.82 Å². The molecule has 0 atom stereocenters. The molecule has 1 aromatic carbocycles. The minimum absolute atomic E-state index is 0.0814. The number of nitrogens with one attached hydrogen (secondary N) is 1. The van der Waals surface area contributed by atoms with Gasteiger partial charge in [-0.05, 0) is 41.9 Å². The molecule has 1 N–H and O–H groups in total. The maximum Gasteiger partial charge on any atom is 0.250 e. The van der Waals surface area contributed by atoms with Crippen LogP contribution in [-0.2, 0) is 6.54 Å². The van der Waals surface area contributed by atoms with Crippen molar-refractivity contribution >= 4 is 36.6 Å². The minimum atomic E-state index is -2.01. The first-order valence-electron chi connectivity index (χ1n) is 8.45. The van der Waals surface area contributed by atoms with Crippen LogP contribution in [0.2, 0.25) is 23.4 Å². The molecule has 0 aliphatic rings. The molecule has 0 bridgehead atoms. The molecule has 3 rings (SSSR count). The first kappa shape index (κ1) is 18.7. The Morgan fingerprint density at radius 3 is 2.65 bits per heavy atom. The van der Waals surface area contributed by atoms with E-state index < -0.39 is 8.32 Å². The molecule has 0 aliphatic heterocycles. The van der Waals surface area contributed by atoms with Crippen molar-refractivity contribution in [1.82, 2.24) is 15.0 Å². The summed E-state index contributed by atoms with van der Waals surface area (Å²) in [5, 5.41) is 4.31. The topological polar surface area (TPSA) is 73.1 Å². The summed E-state index contributed by atoms with van der Waals surface area (Å²) in [4.78, 5) is 12.8. The zero-order chi connectivity index (χ0) is 18.9. The molecule has 3 aromatic rings. The van der Waals surface area contributed by atoms with Crippen LogP contribution in [0.25, 0.3) is 10.9 Å². The molecular weight excluding hydrogens is 368 g/mol. The molecule has 2 aromatic heterocycles. The lowest BCUT2D eigenvalue weighted by atomic mass is 10.2. The molecule has 0 saturated carbocycles. The predicted molar refractivity (Wildman–Crippen MR) is 106 cm³/mol. The van der Waals surface area contributed by atoms with Gasteiger partial charge in [-0.25, -0.2) is 15.0 Å². The Labute approximate surface area is 159 Å². The fourth-order valence-corrected chi connectivity index (χ4v) is 3.43. The quantitative estimate of drug-likeness (QED) is 0.472. The van der Waals surface area contributed by atoms with Crippen LogP contribution in [0.5, 0.6) is 5.75 Å². The van der Waals surface area contributed by atoms with Gasteiger partial charge >= 0.3 is 0 Å². The average Bonchev–Trinajstić information content (AvgIpc) is 3.05. The van der Waals surface area contributed by atoms with Crippen molar-refractivity contribution in [3.8, 4) is 5.75 Å². The lowest BCUT2D eigenvalue weighted by molar-refractivity contribution is 0.495. The first-order valence-corrected chi connectivity index (χ1v) is 11.7. The van der Waals surface area contributed by atoms with E-state index in [-0.39, 0.29) is 10.3 Å². The molecule has 0 amide bonds. The van der Waals surface area contributed by atoms with Crippen molar-refractivity contribution < 1.29 is 8.84 Å². The fourth-order valence-electron chi connectivity index (χ4n) is 2.24. The molecule has 26 heavy (non-hydrogen) atoms. The Hall–Kier alpha value is -2.12. The maximum absolute atomic E-state index is 6.47. The molecule has 0 radical (unpaired) electrons. The number of rotatable bonds is 5. The average molecular weight is 391 g/mol. The predicted octanol–water partition coefficient (Wildman–Crippen LogP) is 5.27. The van der Waals surface area contributed by atoms with Crippen molar-refractivity contribution in [3.05, 3.63) is 41.8 Å². The second kappa shape index (κ2) is 6.89. The molecular formula is C18H23ClN4O2Si.